The number of hydrogen-bond acceptors (Lipinski definition) is 8. The number of ether oxygens (including phenoxy) is 3. The Hall–Kier alpha value is -3.29. The number of hydrogen-bond donors (Lipinski definition) is 2. The Morgan fingerprint density at radius 1 is 1.03 bits per heavy atom. The molecule has 0 bridgehead atoms. The molecule has 1 heterocycles. The Kier molecular flexibility index (Phi) is 11.3. The molecule has 0 aliphatic heterocycles. The summed E-state index contributed by atoms with van der Waals surface area (Å²) in [6, 6.07) is 7.32. The first-order valence-corrected chi connectivity index (χ1v) is 12.1. The number of aromatic hydroxyl groups is 1. The van der Waals surface area contributed by atoms with E-state index in [1.54, 1.807) is 18.3 Å². The summed E-state index contributed by atoms with van der Waals surface area (Å²) in [7, 11) is 1.51. The van der Waals surface area contributed by atoms with Gasteiger partial charge in [0.2, 0.25) is 0 Å². The molecule has 1 aromatic heterocycles. The first-order valence-electron chi connectivity index (χ1n) is 12.1. The van der Waals surface area contributed by atoms with Gasteiger partial charge in [0.05, 0.1) is 7.11 Å². The molecular formula is C27H38N2O6. The Bertz CT molecular complexity index is 978. The van der Waals surface area contributed by atoms with Crippen molar-refractivity contribution in [1.82, 2.24) is 4.98 Å². The summed E-state index contributed by atoms with van der Waals surface area (Å²) in [5, 5.41) is 10.7. The fourth-order valence-electron chi connectivity index (χ4n) is 4.15. The number of nitrogen functional groups attached to an aromatic ring is 1. The van der Waals surface area contributed by atoms with Crippen molar-refractivity contribution in [2.75, 3.05) is 12.8 Å². The number of carbonyl (C=O) groups is 2. The lowest BCUT2D eigenvalue weighted by Gasteiger charge is -2.24. The van der Waals surface area contributed by atoms with E-state index in [9.17, 15) is 14.7 Å². The van der Waals surface area contributed by atoms with Gasteiger partial charge in [0, 0.05) is 38.4 Å². The van der Waals surface area contributed by atoms with Gasteiger partial charge in [-0.1, -0.05) is 25.8 Å². The Labute approximate surface area is 207 Å². The maximum atomic E-state index is 11.8. The minimum atomic E-state index is -0.401. The van der Waals surface area contributed by atoms with Gasteiger partial charge < -0.3 is 25.1 Å². The minimum Gasteiger partial charge on any atom is -0.504 e. The third kappa shape index (κ3) is 9.84. The van der Waals surface area contributed by atoms with Crippen molar-refractivity contribution < 1.29 is 28.9 Å². The van der Waals surface area contributed by atoms with Gasteiger partial charge in [-0.3, -0.25) is 9.59 Å². The van der Waals surface area contributed by atoms with Crippen LogP contribution in [0, 0.1) is 0 Å². The summed E-state index contributed by atoms with van der Waals surface area (Å²) in [6.45, 7) is 4.90. The van der Waals surface area contributed by atoms with E-state index < -0.39 is 6.10 Å². The number of benzene rings is 1. The number of methoxy groups -OCH3 is 1. The smallest absolute Gasteiger partial charge is 0.302 e. The molecule has 0 aliphatic rings. The second-order valence-electron chi connectivity index (χ2n) is 8.80. The fourth-order valence-corrected chi connectivity index (χ4v) is 4.15. The summed E-state index contributed by atoms with van der Waals surface area (Å²) < 4.78 is 16.5. The number of anilines is 1. The predicted octanol–water partition coefficient (Wildman–Crippen LogP) is 4.74. The van der Waals surface area contributed by atoms with Crippen LogP contribution in [0.2, 0.25) is 0 Å². The molecule has 192 valence electrons. The Morgan fingerprint density at radius 3 is 2.31 bits per heavy atom. The number of aromatic nitrogens is 1. The van der Waals surface area contributed by atoms with E-state index in [0.717, 1.165) is 36.8 Å². The normalized spacial score (nSPS) is 12.6. The molecule has 2 aromatic rings. The average molecular weight is 487 g/mol. The van der Waals surface area contributed by atoms with Crippen LogP contribution in [-0.2, 0) is 31.9 Å². The van der Waals surface area contributed by atoms with Crippen LogP contribution >= 0.6 is 0 Å². The Morgan fingerprint density at radius 2 is 1.71 bits per heavy atom. The van der Waals surface area contributed by atoms with E-state index in [-0.39, 0.29) is 23.8 Å². The number of rotatable bonds is 14. The van der Waals surface area contributed by atoms with Crippen molar-refractivity contribution in [3.8, 4) is 11.5 Å². The summed E-state index contributed by atoms with van der Waals surface area (Å²) in [6.07, 6.45) is 6.76. The number of unbranched alkanes of at least 4 members (excludes halogenated alkanes) is 2. The average Bonchev–Trinajstić information content (AvgIpc) is 2.78. The summed E-state index contributed by atoms with van der Waals surface area (Å²) in [5.41, 5.74) is 8.35. The zero-order chi connectivity index (χ0) is 25.8. The highest BCUT2D eigenvalue weighted by molar-refractivity contribution is 5.66. The van der Waals surface area contributed by atoms with Crippen LogP contribution in [0.1, 0.15) is 76.0 Å². The SMILES string of the molecule is CCCCCC(CC(CCc1cc(Cc2ccnc(N)c2)c(O)c(OC)c1)OC(C)=O)OC(C)=O. The predicted molar refractivity (Wildman–Crippen MR) is 134 cm³/mol. The van der Waals surface area contributed by atoms with E-state index >= 15 is 0 Å². The second kappa shape index (κ2) is 14.2. The van der Waals surface area contributed by atoms with Crippen LogP contribution in [0.25, 0.3) is 0 Å². The van der Waals surface area contributed by atoms with Crippen molar-refractivity contribution in [2.45, 2.75) is 84.3 Å². The van der Waals surface area contributed by atoms with Gasteiger partial charge in [0.1, 0.15) is 18.0 Å². The van der Waals surface area contributed by atoms with Crippen LogP contribution in [0.3, 0.4) is 0 Å². The summed E-state index contributed by atoms with van der Waals surface area (Å²) >= 11 is 0. The second-order valence-corrected chi connectivity index (χ2v) is 8.80. The molecule has 8 heteroatoms. The molecule has 0 saturated heterocycles. The van der Waals surface area contributed by atoms with Crippen molar-refractivity contribution in [2.24, 2.45) is 0 Å². The molecule has 1 aromatic carbocycles. The van der Waals surface area contributed by atoms with E-state index in [4.69, 9.17) is 19.9 Å². The molecule has 8 nitrogen and oxygen atoms in total. The van der Waals surface area contributed by atoms with Crippen LogP contribution in [0.4, 0.5) is 5.82 Å². The first-order chi connectivity index (χ1) is 16.7. The van der Waals surface area contributed by atoms with Crippen molar-refractivity contribution in [3.05, 3.63) is 47.2 Å². The summed E-state index contributed by atoms with van der Waals surface area (Å²) in [5.74, 6) is 0.160. The molecule has 3 N–H and O–H groups in total. The lowest BCUT2D eigenvalue weighted by molar-refractivity contribution is -0.153. The molecule has 2 rings (SSSR count). The standard InChI is InChI=1S/C27H38N2O6/c1-5-6-7-8-23(34-18(2)30)17-24(35-19(3)31)10-9-20-13-22(27(32)25(15-20)33-4)14-21-11-12-29-26(28)16-21/h11-13,15-16,23-24,32H,5-10,14,17H2,1-4H3,(H2,28,29). The molecule has 0 amide bonds. The number of phenolic OH excluding ortho intramolecular Hbond substituents is 1. The van der Waals surface area contributed by atoms with E-state index in [1.165, 1.54) is 21.0 Å². The van der Waals surface area contributed by atoms with Gasteiger partial charge in [-0.25, -0.2) is 4.98 Å². The van der Waals surface area contributed by atoms with Crippen molar-refractivity contribution >= 4 is 17.8 Å². The number of pyridine rings is 1. The topological polar surface area (TPSA) is 121 Å². The van der Waals surface area contributed by atoms with Crippen LogP contribution in [0.15, 0.2) is 30.5 Å². The number of phenols is 1. The van der Waals surface area contributed by atoms with Gasteiger partial charge >= 0.3 is 11.9 Å². The lowest BCUT2D eigenvalue weighted by Crippen LogP contribution is -2.27. The maximum absolute atomic E-state index is 11.8. The van der Waals surface area contributed by atoms with Crippen LogP contribution in [-0.4, -0.2) is 41.3 Å². The zero-order valence-corrected chi connectivity index (χ0v) is 21.2. The highest BCUT2D eigenvalue weighted by Gasteiger charge is 2.22. The van der Waals surface area contributed by atoms with E-state index in [2.05, 4.69) is 11.9 Å². The van der Waals surface area contributed by atoms with E-state index in [1.807, 2.05) is 12.1 Å². The fraction of sp³-hybridized carbons (Fsp3) is 0.519. The molecule has 2 atom stereocenters. The highest BCUT2D eigenvalue weighted by Crippen LogP contribution is 2.34. The number of carbonyl (C=O) groups excluding carboxylic acids is 2. The maximum Gasteiger partial charge on any atom is 0.302 e. The molecular weight excluding hydrogens is 448 g/mol. The Balaban J connectivity index is 2.17. The van der Waals surface area contributed by atoms with Gasteiger partial charge in [0.15, 0.2) is 11.5 Å². The molecule has 0 radical (unpaired) electrons. The minimum absolute atomic E-state index is 0.0778. The number of nitrogens with two attached hydrogens (primary N) is 1. The summed E-state index contributed by atoms with van der Waals surface area (Å²) in [4.78, 5) is 27.4. The molecule has 0 saturated carbocycles. The van der Waals surface area contributed by atoms with Crippen molar-refractivity contribution in [1.29, 1.82) is 0 Å². The van der Waals surface area contributed by atoms with E-state index in [0.29, 0.717) is 42.8 Å². The number of esters is 2. The zero-order valence-electron chi connectivity index (χ0n) is 21.2. The third-order valence-electron chi connectivity index (χ3n) is 5.75. The highest BCUT2D eigenvalue weighted by atomic mass is 16.6. The third-order valence-corrected chi connectivity index (χ3v) is 5.75. The quantitative estimate of drug-likeness (QED) is 0.290. The van der Waals surface area contributed by atoms with Crippen LogP contribution in [0.5, 0.6) is 11.5 Å². The molecule has 2 unspecified atom stereocenters. The largest absolute Gasteiger partial charge is 0.504 e. The molecule has 0 aliphatic carbocycles. The lowest BCUT2D eigenvalue weighted by atomic mass is 9.96. The van der Waals surface area contributed by atoms with Gasteiger partial charge in [-0.05, 0) is 55.0 Å². The van der Waals surface area contributed by atoms with Gasteiger partial charge in [0.25, 0.3) is 0 Å². The molecule has 0 spiro atoms. The van der Waals surface area contributed by atoms with Crippen molar-refractivity contribution in [3.63, 3.8) is 0 Å². The van der Waals surface area contributed by atoms with Gasteiger partial charge in [-0.15, -0.1) is 0 Å². The first kappa shape index (κ1) is 28.0. The van der Waals surface area contributed by atoms with Gasteiger partial charge in [-0.2, -0.15) is 0 Å². The monoisotopic (exact) mass is 486 g/mol. The number of aryl methyl sites for hydroxylation is 1. The molecule has 35 heavy (non-hydrogen) atoms. The van der Waals surface area contributed by atoms with Crippen LogP contribution < -0.4 is 10.5 Å². The number of nitrogens with zero attached hydrogens (tertiary/aromatic N) is 1. The molecule has 0 fully saturated rings.